The predicted molar refractivity (Wildman–Crippen MR) is 238 cm³/mol. The highest BCUT2D eigenvalue weighted by molar-refractivity contribution is 5.76. The zero-order chi connectivity index (χ0) is 39.3. The second-order valence-electron chi connectivity index (χ2n) is 13.7. The van der Waals surface area contributed by atoms with Gasteiger partial charge in [-0.15, -0.1) is 0 Å². The van der Waals surface area contributed by atoms with E-state index in [-0.39, 0.29) is 12.5 Å². The second-order valence-corrected chi connectivity index (χ2v) is 13.7. The van der Waals surface area contributed by atoms with Crippen LogP contribution in [0.3, 0.4) is 0 Å². The first kappa shape index (κ1) is 50.5. The predicted octanol–water partition coefficient (Wildman–Crippen LogP) is 13.6. The fourth-order valence-electron chi connectivity index (χ4n) is 5.47. The molecule has 0 bridgehead atoms. The first-order valence-corrected chi connectivity index (χ1v) is 21.4. The van der Waals surface area contributed by atoms with E-state index in [2.05, 4.69) is 134 Å². The van der Waals surface area contributed by atoms with Gasteiger partial charge in [0.25, 0.3) is 0 Å². The number of rotatable bonds is 36. The lowest BCUT2D eigenvalue weighted by Crippen LogP contribution is -2.45. The maximum absolute atomic E-state index is 12.3. The number of carbonyl (C=O) groups is 1. The summed E-state index contributed by atoms with van der Waals surface area (Å²) in [6, 6.07) is -0.657. The van der Waals surface area contributed by atoms with Crippen LogP contribution in [0.25, 0.3) is 0 Å². The van der Waals surface area contributed by atoms with Gasteiger partial charge in [0.05, 0.1) is 18.8 Å². The van der Waals surface area contributed by atoms with Crippen LogP contribution in [0.4, 0.5) is 0 Å². The van der Waals surface area contributed by atoms with Crippen LogP contribution >= 0.6 is 0 Å². The van der Waals surface area contributed by atoms with Crippen LogP contribution < -0.4 is 5.32 Å². The molecular weight excluding hydrogens is 663 g/mol. The van der Waals surface area contributed by atoms with Crippen LogP contribution in [-0.4, -0.2) is 34.9 Å². The minimum absolute atomic E-state index is 0.0982. The van der Waals surface area contributed by atoms with Crippen molar-refractivity contribution in [2.45, 2.75) is 167 Å². The molecule has 0 saturated heterocycles. The first-order chi connectivity index (χ1) is 26.7. The summed E-state index contributed by atoms with van der Waals surface area (Å²) in [5.41, 5.74) is 0. The lowest BCUT2D eigenvalue weighted by atomic mass is 10.1. The molecule has 302 valence electrons. The Labute approximate surface area is 332 Å². The number of aliphatic hydroxyl groups is 2. The molecule has 2 atom stereocenters. The summed E-state index contributed by atoms with van der Waals surface area (Å²) >= 11 is 0. The van der Waals surface area contributed by atoms with Crippen LogP contribution in [0.2, 0.25) is 0 Å². The van der Waals surface area contributed by atoms with Crippen molar-refractivity contribution in [3.05, 3.63) is 134 Å². The highest BCUT2D eigenvalue weighted by atomic mass is 16.3. The number of hydrogen-bond acceptors (Lipinski definition) is 3. The number of hydrogen-bond donors (Lipinski definition) is 3. The monoisotopic (exact) mass is 742 g/mol. The lowest BCUT2D eigenvalue weighted by molar-refractivity contribution is -0.123. The number of aliphatic hydroxyl groups excluding tert-OH is 2. The van der Waals surface area contributed by atoms with Gasteiger partial charge in [-0.25, -0.2) is 0 Å². The largest absolute Gasteiger partial charge is 0.394 e. The Morgan fingerprint density at radius 1 is 0.481 bits per heavy atom. The van der Waals surface area contributed by atoms with E-state index in [0.717, 1.165) is 103 Å². The number of amides is 1. The van der Waals surface area contributed by atoms with Crippen LogP contribution in [0, 0.1) is 0 Å². The van der Waals surface area contributed by atoms with E-state index in [4.69, 9.17) is 0 Å². The number of nitrogens with one attached hydrogen (secondary N) is 1. The van der Waals surface area contributed by atoms with Crippen molar-refractivity contribution in [3.63, 3.8) is 0 Å². The molecule has 4 nitrogen and oxygen atoms in total. The Kier molecular flexibility index (Phi) is 41.1. The third kappa shape index (κ3) is 39.7. The average Bonchev–Trinajstić information content (AvgIpc) is 3.18. The van der Waals surface area contributed by atoms with E-state index in [0.29, 0.717) is 6.42 Å². The van der Waals surface area contributed by atoms with E-state index in [9.17, 15) is 15.0 Å². The fraction of sp³-hybridized carbons (Fsp3) is 0.540. The smallest absolute Gasteiger partial charge is 0.220 e. The Hall–Kier alpha value is -3.47. The number of unbranched alkanes of at least 4 members (excludes halogenated alkanes) is 10. The van der Waals surface area contributed by atoms with Gasteiger partial charge in [0.1, 0.15) is 0 Å². The van der Waals surface area contributed by atoms with Crippen molar-refractivity contribution in [3.8, 4) is 0 Å². The van der Waals surface area contributed by atoms with Crippen LogP contribution in [-0.2, 0) is 4.79 Å². The number of carbonyl (C=O) groups excluding carboxylic acids is 1. The van der Waals surface area contributed by atoms with Gasteiger partial charge in [-0.05, 0) is 103 Å². The molecule has 0 aliphatic heterocycles. The highest BCUT2D eigenvalue weighted by Gasteiger charge is 2.17. The zero-order valence-corrected chi connectivity index (χ0v) is 34.4. The van der Waals surface area contributed by atoms with Crippen LogP contribution in [0.15, 0.2) is 134 Å². The van der Waals surface area contributed by atoms with Gasteiger partial charge in [-0.3, -0.25) is 4.79 Å². The van der Waals surface area contributed by atoms with Gasteiger partial charge in [-0.1, -0.05) is 179 Å². The minimum atomic E-state index is -0.880. The van der Waals surface area contributed by atoms with Gasteiger partial charge in [0.15, 0.2) is 0 Å². The molecule has 0 aliphatic rings. The molecule has 4 heteroatoms. The fourth-order valence-corrected chi connectivity index (χ4v) is 5.47. The molecule has 0 saturated carbocycles. The van der Waals surface area contributed by atoms with Gasteiger partial charge >= 0.3 is 0 Å². The van der Waals surface area contributed by atoms with Crippen molar-refractivity contribution in [1.29, 1.82) is 0 Å². The van der Waals surface area contributed by atoms with Crippen molar-refractivity contribution in [2.24, 2.45) is 0 Å². The quantitative estimate of drug-likeness (QED) is 0.0442. The molecule has 0 aromatic heterocycles. The summed E-state index contributed by atoms with van der Waals surface area (Å²) in [6.45, 7) is 3.92. The SMILES string of the molecule is C/C=C/CC/C=C/CC/C=C/C(O)C(CO)NC(=O)CCCCCCCCCC/C=C\C/C=C\C/C=C\C/C=C\C/C=C\C/C=C\C/C=C\C/C=C\CC. The normalized spacial score (nSPS) is 14.4. The van der Waals surface area contributed by atoms with E-state index >= 15 is 0 Å². The molecule has 0 heterocycles. The molecule has 0 rings (SSSR count). The Bertz CT molecular complexity index is 1160. The summed E-state index contributed by atoms with van der Waals surface area (Å²) < 4.78 is 0. The van der Waals surface area contributed by atoms with Gasteiger partial charge in [0.2, 0.25) is 5.91 Å². The van der Waals surface area contributed by atoms with Crippen LogP contribution in [0.5, 0.6) is 0 Å². The molecule has 0 fully saturated rings. The van der Waals surface area contributed by atoms with Crippen molar-refractivity contribution in [2.75, 3.05) is 6.61 Å². The molecule has 0 aliphatic carbocycles. The Morgan fingerprint density at radius 3 is 1.30 bits per heavy atom. The second kappa shape index (κ2) is 43.9. The molecular formula is C50H79NO3. The topological polar surface area (TPSA) is 69.6 Å². The van der Waals surface area contributed by atoms with Crippen molar-refractivity contribution >= 4 is 5.91 Å². The maximum Gasteiger partial charge on any atom is 0.220 e. The summed E-state index contributed by atoms with van der Waals surface area (Å²) in [5, 5.41) is 22.8. The molecule has 0 aromatic rings. The third-order valence-electron chi connectivity index (χ3n) is 8.69. The van der Waals surface area contributed by atoms with E-state index in [1.54, 1.807) is 6.08 Å². The summed E-state index contributed by atoms with van der Waals surface area (Å²) in [7, 11) is 0. The summed E-state index contributed by atoms with van der Waals surface area (Å²) in [4.78, 5) is 12.3. The Morgan fingerprint density at radius 2 is 0.852 bits per heavy atom. The van der Waals surface area contributed by atoms with Gasteiger partial charge in [0, 0.05) is 6.42 Å². The maximum atomic E-state index is 12.3. The Balaban J connectivity index is 3.66. The molecule has 1 amide bonds. The van der Waals surface area contributed by atoms with Gasteiger partial charge < -0.3 is 15.5 Å². The lowest BCUT2D eigenvalue weighted by Gasteiger charge is -2.19. The number of allylic oxidation sites excluding steroid dienone is 21. The molecule has 0 spiro atoms. The molecule has 2 unspecified atom stereocenters. The van der Waals surface area contributed by atoms with Gasteiger partial charge in [-0.2, -0.15) is 0 Å². The minimum Gasteiger partial charge on any atom is -0.394 e. The van der Waals surface area contributed by atoms with Crippen molar-refractivity contribution < 1.29 is 15.0 Å². The molecule has 54 heavy (non-hydrogen) atoms. The molecule has 0 radical (unpaired) electrons. The molecule has 0 aromatic carbocycles. The highest BCUT2D eigenvalue weighted by Crippen LogP contribution is 2.11. The van der Waals surface area contributed by atoms with E-state index in [1.807, 2.05) is 13.0 Å². The van der Waals surface area contributed by atoms with Crippen LogP contribution in [0.1, 0.15) is 155 Å². The molecule has 3 N–H and O–H groups in total. The zero-order valence-electron chi connectivity index (χ0n) is 34.4. The summed E-state index contributed by atoms with van der Waals surface area (Å²) in [5.74, 6) is -0.0982. The average molecular weight is 742 g/mol. The summed E-state index contributed by atoms with van der Waals surface area (Å²) in [6.07, 6.45) is 70.1. The van der Waals surface area contributed by atoms with E-state index < -0.39 is 12.1 Å². The standard InChI is InChI=1S/C50H79NO3/c1-3-5-7-9-11-13-14-15-16-17-18-19-20-21-22-23-24-25-26-27-28-29-30-31-32-33-34-35-36-38-40-42-44-46-50(54)51-48(47-52)49(53)45-43-41-39-37-12-10-8-6-4-2/h4-7,11-13,15-16,18-19,21-22,24-25,27-28,30-31,37,43,45,48-49,52-53H,3,8-10,14,17,20,23,26,29,32-36,38-42,44,46-47H2,1-2H3,(H,51,54)/b6-4+,7-5-,13-11-,16-15-,19-18-,22-21-,25-24-,28-27-,31-30-,37-12+,45-43+. The van der Waals surface area contributed by atoms with E-state index in [1.165, 1.54) is 32.1 Å². The van der Waals surface area contributed by atoms with Crippen molar-refractivity contribution in [1.82, 2.24) is 5.32 Å². The first-order valence-electron chi connectivity index (χ1n) is 21.4. The third-order valence-corrected chi connectivity index (χ3v) is 8.69.